The van der Waals surface area contributed by atoms with Gasteiger partial charge in [0.1, 0.15) is 0 Å². The van der Waals surface area contributed by atoms with E-state index in [1.807, 2.05) is 42.5 Å². The molecule has 1 atom stereocenters. The van der Waals surface area contributed by atoms with E-state index in [2.05, 4.69) is 82.7 Å². The van der Waals surface area contributed by atoms with Gasteiger partial charge in [0.2, 0.25) is 0 Å². The Balaban J connectivity index is 1.19. The van der Waals surface area contributed by atoms with Gasteiger partial charge in [0, 0.05) is 36.7 Å². The highest BCUT2D eigenvalue weighted by Crippen LogP contribution is 2.34. The fourth-order valence-corrected chi connectivity index (χ4v) is 5.35. The summed E-state index contributed by atoms with van der Waals surface area (Å²) in [6.07, 6.45) is 3.64. The van der Waals surface area contributed by atoms with Gasteiger partial charge >= 0.3 is 0 Å². The van der Waals surface area contributed by atoms with Gasteiger partial charge in [-0.15, -0.1) is 0 Å². The Morgan fingerprint density at radius 3 is 2.11 bits per heavy atom. The second-order valence-electron chi connectivity index (χ2n) is 9.85. The van der Waals surface area contributed by atoms with Crippen molar-refractivity contribution in [2.45, 2.75) is 31.2 Å². The summed E-state index contributed by atoms with van der Waals surface area (Å²) >= 11 is 0. The van der Waals surface area contributed by atoms with Crippen molar-refractivity contribution in [3.63, 3.8) is 0 Å². The second kappa shape index (κ2) is 9.73. The second-order valence-corrected chi connectivity index (χ2v) is 9.85. The molecule has 4 aromatic rings. The Labute approximate surface area is 212 Å². The highest BCUT2D eigenvalue weighted by atomic mass is 16.3. The molecular weight excluding hydrogens is 442 g/mol. The van der Waals surface area contributed by atoms with E-state index in [9.17, 15) is 5.11 Å². The number of hydrogen-bond donors (Lipinski definition) is 1. The summed E-state index contributed by atoms with van der Waals surface area (Å²) in [6.45, 7) is 2.67. The molecule has 4 heteroatoms. The lowest BCUT2D eigenvalue weighted by Gasteiger charge is -2.38. The van der Waals surface area contributed by atoms with Gasteiger partial charge in [-0.1, -0.05) is 91.0 Å². The number of piperidine rings is 1. The molecule has 0 aromatic heterocycles. The fourth-order valence-electron chi connectivity index (χ4n) is 5.35. The normalized spacial score (nSPS) is 19.1. The van der Waals surface area contributed by atoms with Crippen molar-refractivity contribution in [2.24, 2.45) is 4.99 Å². The maximum atomic E-state index is 11.2. The largest absolute Gasteiger partial charge is 0.385 e. The van der Waals surface area contributed by atoms with Crippen molar-refractivity contribution in [3.8, 4) is 0 Å². The predicted molar refractivity (Wildman–Crippen MR) is 145 cm³/mol. The minimum atomic E-state index is -0.710. The lowest BCUT2D eigenvalue weighted by atomic mass is 9.84. The number of aliphatic hydroxyl groups is 1. The number of anilines is 1. The summed E-state index contributed by atoms with van der Waals surface area (Å²) in [4.78, 5) is 9.80. The topological polar surface area (TPSA) is 39.1 Å². The maximum absolute atomic E-state index is 11.2. The first-order valence-corrected chi connectivity index (χ1v) is 12.8. The number of para-hydroxylation sites is 1. The molecule has 2 aliphatic heterocycles. The molecule has 1 fully saturated rings. The van der Waals surface area contributed by atoms with Gasteiger partial charge < -0.3 is 10.0 Å². The Morgan fingerprint density at radius 1 is 0.750 bits per heavy atom. The lowest BCUT2D eigenvalue weighted by Crippen LogP contribution is -2.42. The average molecular weight is 474 g/mol. The third-order valence-electron chi connectivity index (χ3n) is 7.47. The van der Waals surface area contributed by atoms with E-state index < -0.39 is 5.60 Å². The van der Waals surface area contributed by atoms with E-state index in [4.69, 9.17) is 4.99 Å². The zero-order valence-corrected chi connectivity index (χ0v) is 20.4. The SMILES string of the molecule is OC1(c2ccccc2)CCN(Cc2ccc(N3C=c4ccccc4=NC3c3ccccc3)cc2)CC1. The smallest absolute Gasteiger partial charge is 0.151 e. The zero-order chi connectivity index (χ0) is 24.4. The average Bonchev–Trinajstić information content (AvgIpc) is 2.95. The zero-order valence-electron chi connectivity index (χ0n) is 20.4. The van der Waals surface area contributed by atoms with Gasteiger partial charge in [-0.05, 0) is 47.7 Å². The van der Waals surface area contributed by atoms with Crippen LogP contribution in [0.15, 0.2) is 114 Å². The van der Waals surface area contributed by atoms with Crippen molar-refractivity contribution >= 4 is 11.9 Å². The van der Waals surface area contributed by atoms with Crippen LogP contribution in [0.2, 0.25) is 0 Å². The number of likely N-dealkylation sites (tertiary alicyclic amines) is 1. The van der Waals surface area contributed by atoms with E-state index in [0.29, 0.717) is 0 Å². The highest BCUT2D eigenvalue weighted by Gasteiger charge is 2.33. The minimum absolute atomic E-state index is 0.0929. The highest BCUT2D eigenvalue weighted by molar-refractivity contribution is 5.62. The van der Waals surface area contributed by atoms with Crippen LogP contribution in [0.5, 0.6) is 0 Å². The van der Waals surface area contributed by atoms with Gasteiger partial charge in [-0.2, -0.15) is 0 Å². The molecular formula is C32H31N3O. The molecule has 4 nitrogen and oxygen atoms in total. The fraction of sp³-hybridized carbons (Fsp3) is 0.219. The minimum Gasteiger partial charge on any atom is -0.385 e. The van der Waals surface area contributed by atoms with Crippen LogP contribution in [0.4, 0.5) is 5.69 Å². The molecule has 0 spiro atoms. The monoisotopic (exact) mass is 473 g/mol. The first-order chi connectivity index (χ1) is 17.7. The molecule has 1 N–H and O–H groups in total. The first kappa shape index (κ1) is 22.7. The van der Waals surface area contributed by atoms with Crippen LogP contribution in [0.25, 0.3) is 6.20 Å². The molecule has 6 rings (SSSR count). The summed E-state index contributed by atoms with van der Waals surface area (Å²) in [5.41, 5.74) is 3.91. The van der Waals surface area contributed by atoms with Crippen LogP contribution in [-0.4, -0.2) is 23.1 Å². The standard InChI is InChI=1S/C32H31N3O/c36-32(28-12-5-2-6-13-28)19-21-34(22-20-32)23-25-15-17-29(18-16-25)35-24-27-11-7-8-14-30(27)33-31(35)26-9-3-1-4-10-26/h1-18,24,31,36H,19-23H2. The Bertz CT molecular complexity index is 1430. The third-order valence-corrected chi connectivity index (χ3v) is 7.47. The third kappa shape index (κ3) is 4.58. The van der Waals surface area contributed by atoms with Gasteiger partial charge in [0.05, 0.1) is 11.0 Å². The summed E-state index contributed by atoms with van der Waals surface area (Å²) in [7, 11) is 0. The molecule has 36 heavy (non-hydrogen) atoms. The van der Waals surface area contributed by atoms with Gasteiger partial charge in [-0.3, -0.25) is 9.89 Å². The number of rotatable bonds is 5. The summed E-state index contributed by atoms with van der Waals surface area (Å²) in [5, 5.41) is 13.3. The molecule has 2 aliphatic rings. The summed E-state index contributed by atoms with van der Waals surface area (Å²) < 4.78 is 0. The van der Waals surface area contributed by atoms with Crippen LogP contribution in [0.3, 0.4) is 0 Å². The van der Waals surface area contributed by atoms with Gasteiger partial charge in [-0.25, -0.2) is 0 Å². The molecule has 0 saturated carbocycles. The number of nitrogens with zero attached hydrogens (tertiary/aromatic N) is 3. The van der Waals surface area contributed by atoms with E-state index in [-0.39, 0.29) is 6.17 Å². The molecule has 180 valence electrons. The number of benzene rings is 4. The molecule has 1 saturated heterocycles. The Morgan fingerprint density at radius 2 is 1.39 bits per heavy atom. The van der Waals surface area contributed by atoms with Gasteiger partial charge in [0.25, 0.3) is 0 Å². The van der Waals surface area contributed by atoms with E-state index in [1.165, 1.54) is 11.1 Å². The van der Waals surface area contributed by atoms with Crippen molar-refractivity contribution in [1.82, 2.24) is 4.90 Å². The van der Waals surface area contributed by atoms with Crippen LogP contribution < -0.4 is 15.5 Å². The Kier molecular flexibility index (Phi) is 6.14. The Hall–Kier alpha value is -3.73. The summed E-state index contributed by atoms with van der Waals surface area (Å²) in [6, 6.07) is 37.8. The van der Waals surface area contributed by atoms with Gasteiger partial charge in [0.15, 0.2) is 6.17 Å². The van der Waals surface area contributed by atoms with Crippen molar-refractivity contribution in [3.05, 3.63) is 136 Å². The molecule has 1 unspecified atom stereocenters. The van der Waals surface area contributed by atoms with Crippen LogP contribution in [0, 0.1) is 0 Å². The lowest BCUT2D eigenvalue weighted by molar-refractivity contribution is -0.0277. The number of hydrogen-bond acceptors (Lipinski definition) is 4. The summed E-state index contributed by atoms with van der Waals surface area (Å²) in [5.74, 6) is 0. The van der Waals surface area contributed by atoms with E-state index >= 15 is 0 Å². The van der Waals surface area contributed by atoms with Crippen LogP contribution >= 0.6 is 0 Å². The molecule has 0 aliphatic carbocycles. The molecule has 2 heterocycles. The van der Waals surface area contributed by atoms with E-state index in [0.717, 1.165) is 54.3 Å². The molecule has 4 aromatic carbocycles. The maximum Gasteiger partial charge on any atom is 0.151 e. The first-order valence-electron chi connectivity index (χ1n) is 12.8. The number of fused-ring (bicyclic) bond motifs is 1. The van der Waals surface area contributed by atoms with Crippen LogP contribution in [0.1, 0.15) is 35.7 Å². The molecule has 0 amide bonds. The predicted octanol–water partition coefficient (Wildman–Crippen LogP) is 4.75. The van der Waals surface area contributed by atoms with Crippen molar-refractivity contribution < 1.29 is 5.11 Å². The van der Waals surface area contributed by atoms with Crippen molar-refractivity contribution in [2.75, 3.05) is 18.0 Å². The quantitative estimate of drug-likeness (QED) is 0.455. The van der Waals surface area contributed by atoms with Crippen LogP contribution in [-0.2, 0) is 12.1 Å². The van der Waals surface area contributed by atoms with E-state index in [1.54, 1.807) is 0 Å². The van der Waals surface area contributed by atoms with Crippen molar-refractivity contribution in [1.29, 1.82) is 0 Å². The molecule has 0 radical (unpaired) electrons. The molecule has 0 bridgehead atoms.